The molecule has 25 heavy (non-hydrogen) atoms. The Bertz CT molecular complexity index is 334. The second-order valence-corrected chi connectivity index (χ2v) is 7.98. The summed E-state index contributed by atoms with van der Waals surface area (Å²) in [6, 6.07) is 0. The zero-order valence-corrected chi connectivity index (χ0v) is 17.1. The van der Waals surface area contributed by atoms with Crippen LogP contribution in [0.4, 0.5) is 0 Å². The van der Waals surface area contributed by atoms with Gasteiger partial charge in [-0.1, -0.05) is 0 Å². The van der Waals surface area contributed by atoms with Crippen molar-refractivity contribution >= 4 is 5.97 Å². The first-order chi connectivity index (χ1) is 11.6. The van der Waals surface area contributed by atoms with Gasteiger partial charge in [-0.05, 0) is 60.9 Å². The predicted octanol–water partition coefficient (Wildman–Crippen LogP) is 2.94. The quantitative estimate of drug-likeness (QED) is 0.379. The van der Waals surface area contributed by atoms with E-state index >= 15 is 0 Å². The maximum absolute atomic E-state index is 11.5. The number of carbonyl (C=O) groups is 1. The van der Waals surface area contributed by atoms with Gasteiger partial charge in [-0.3, -0.25) is 4.79 Å². The van der Waals surface area contributed by atoms with Gasteiger partial charge in [0.15, 0.2) is 0 Å². The van der Waals surface area contributed by atoms with Crippen LogP contribution in [-0.2, 0) is 23.7 Å². The molecule has 0 spiro atoms. The van der Waals surface area contributed by atoms with E-state index in [0.717, 1.165) is 39.1 Å². The molecule has 0 saturated carbocycles. The molecule has 0 heterocycles. The van der Waals surface area contributed by atoms with Crippen molar-refractivity contribution in [1.82, 2.24) is 5.32 Å². The number of hydrogen-bond acceptors (Lipinski definition) is 6. The molecule has 0 saturated heterocycles. The molecule has 150 valence electrons. The first-order valence-electron chi connectivity index (χ1n) is 9.32. The van der Waals surface area contributed by atoms with Crippen LogP contribution in [-0.4, -0.2) is 63.3 Å². The Morgan fingerprint density at radius 2 is 1.40 bits per heavy atom. The fourth-order valence-corrected chi connectivity index (χ4v) is 1.86. The predicted molar refractivity (Wildman–Crippen MR) is 99.9 cm³/mol. The Morgan fingerprint density at radius 3 is 2.04 bits per heavy atom. The Balaban J connectivity index is 3.21. The highest BCUT2D eigenvalue weighted by Crippen LogP contribution is 2.08. The van der Waals surface area contributed by atoms with Crippen LogP contribution < -0.4 is 5.32 Å². The Hall–Kier alpha value is -0.690. The lowest BCUT2D eigenvalue weighted by Gasteiger charge is -2.19. The van der Waals surface area contributed by atoms with Crippen LogP contribution in [0.1, 0.15) is 60.8 Å². The molecule has 0 bridgehead atoms. The molecule has 0 amide bonds. The van der Waals surface area contributed by atoms with Gasteiger partial charge in [0, 0.05) is 26.4 Å². The van der Waals surface area contributed by atoms with Crippen molar-refractivity contribution in [2.75, 3.05) is 46.1 Å². The number of nitrogens with one attached hydrogen (secondary N) is 1. The van der Waals surface area contributed by atoms with E-state index in [1.54, 1.807) is 0 Å². The first-order valence-corrected chi connectivity index (χ1v) is 9.32. The number of rotatable bonds is 14. The summed E-state index contributed by atoms with van der Waals surface area (Å²) in [7, 11) is 0. The maximum Gasteiger partial charge on any atom is 0.308 e. The summed E-state index contributed by atoms with van der Waals surface area (Å²) in [6.45, 7) is 16.7. The Labute approximate surface area is 153 Å². The van der Waals surface area contributed by atoms with Gasteiger partial charge in [-0.25, -0.2) is 0 Å². The normalized spacial score (nSPS) is 12.4. The highest BCUT2D eigenvalue weighted by molar-refractivity contribution is 5.69. The molecule has 6 heteroatoms. The van der Waals surface area contributed by atoms with E-state index in [2.05, 4.69) is 26.1 Å². The molecule has 0 aromatic rings. The van der Waals surface area contributed by atoms with E-state index < -0.39 is 5.60 Å². The lowest BCUT2D eigenvalue weighted by Crippen LogP contribution is -2.25. The lowest BCUT2D eigenvalue weighted by molar-refractivity contribution is -0.156. The van der Waals surface area contributed by atoms with Crippen LogP contribution in [0.15, 0.2) is 0 Å². The number of ether oxygens (including phenoxy) is 4. The third-order valence-electron chi connectivity index (χ3n) is 2.90. The molecule has 0 rings (SSSR count). The van der Waals surface area contributed by atoms with Gasteiger partial charge < -0.3 is 24.3 Å². The maximum atomic E-state index is 11.5. The molecule has 0 aliphatic heterocycles. The summed E-state index contributed by atoms with van der Waals surface area (Å²) in [6.07, 6.45) is 2.13. The summed E-state index contributed by atoms with van der Waals surface area (Å²) >= 11 is 0. The van der Waals surface area contributed by atoms with Crippen molar-refractivity contribution in [3.63, 3.8) is 0 Å². The van der Waals surface area contributed by atoms with Gasteiger partial charge in [0.2, 0.25) is 0 Å². The summed E-state index contributed by atoms with van der Waals surface area (Å²) in [5, 5.41) is 3.30. The van der Waals surface area contributed by atoms with E-state index in [4.69, 9.17) is 18.9 Å². The van der Waals surface area contributed by atoms with E-state index in [-0.39, 0.29) is 11.6 Å². The summed E-state index contributed by atoms with van der Waals surface area (Å²) < 4.78 is 21.8. The SMILES string of the molecule is CC(C)(C)OCCCOCCNCCCOCCC(=O)OC(C)(C)C. The molecular formula is C19H39NO5. The molecule has 0 radical (unpaired) electrons. The summed E-state index contributed by atoms with van der Waals surface area (Å²) in [5.41, 5.74) is -0.501. The topological polar surface area (TPSA) is 66.0 Å². The largest absolute Gasteiger partial charge is 0.460 e. The molecule has 6 nitrogen and oxygen atoms in total. The molecular weight excluding hydrogens is 322 g/mol. The molecule has 0 fully saturated rings. The van der Waals surface area contributed by atoms with Gasteiger partial charge in [0.25, 0.3) is 0 Å². The summed E-state index contributed by atoms with van der Waals surface area (Å²) in [4.78, 5) is 11.5. The van der Waals surface area contributed by atoms with Crippen molar-refractivity contribution < 1.29 is 23.7 Å². The van der Waals surface area contributed by atoms with Gasteiger partial charge in [-0.2, -0.15) is 0 Å². The minimum Gasteiger partial charge on any atom is -0.460 e. The smallest absolute Gasteiger partial charge is 0.308 e. The molecule has 0 unspecified atom stereocenters. The van der Waals surface area contributed by atoms with Gasteiger partial charge in [0.05, 0.1) is 25.2 Å². The van der Waals surface area contributed by atoms with E-state index in [9.17, 15) is 4.79 Å². The average Bonchev–Trinajstić information content (AvgIpc) is 2.44. The molecule has 0 aliphatic rings. The van der Waals surface area contributed by atoms with Crippen LogP contribution in [0.3, 0.4) is 0 Å². The van der Waals surface area contributed by atoms with E-state index in [0.29, 0.717) is 26.2 Å². The molecule has 1 N–H and O–H groups in total. The average molecular weight is 362 g/mol. The molecule has 0 aliphatic carbocycles. The zero-order chi connectivity index (χ0) is 19.2. The van der Waals surface area contributed by atoms with E-state index in [1.807, 2.05) is 20.8 Å². The fraction of sp³-hybridized carbons (Fsp3) is 0.947. The Kier molecular flexibility index (Phi) is 13.1. The zero-order valence-electron chi connectivity index (χ0n) is 17.1. The number of hydrogen-bond donors (Lipinski definition) is 1. The van der Waals surface area contributed by atoms with Crippen molar-refractivity contribution in [1.29, 1.82) is 0 Å². The van der Waals surface area contributed by atoms with Crippen molar-refractivity contribution in [3.8, 4) is 0 Å². The molecule has 0 aromatic heterocycles. The van der Waals surface area contributed by atoms with Gasteiger partial charge in [0.1, 0.15) is 5.60 Å². The monoisotopic (exact) mass is 361 g/mol. The Morgan fingerprint density at radius 1 is 0.760 bits per heavy atom. The second kappa shape index (κ2) is 13.5. The van der Waals surface area contributed by atoms with Crippen molar-refractivity contribution in [2.45, 2.75) is 72.0 Å². The minimum atomic E-state index is -0.428. The van der Waals surface area contributed by atoms with Crippen molar-refractivity contribution in [2.24, 2.45) is 0 Å². The van der Waals surface area contributed by atoms with Crippen LogP contribution in [0.5, 0.6) is 0 Å². The van der Waals surface area contributed by atoms with Gasteiger partial charge >= 0.3 is 5.97 Å². The van der Waals surface area contributed by atoms with Crippen LogP contribution in [0, 0.1) is 0 Å². The van der Waals surface area contributed by atoms with E-state index in [1.165, 1.54) is 0 Å². The van der Waals surface area contributed by atoms with Crippen molar-refractivity contribution in [3.05, 3.63) is 0 Å². The fourth-order valence-electron chi connectivity index (χ4n) is 1.86. The third kappa shape index (κ3) is 21.3. The van der Waals surface area contributed by atoms with Crippen LogP contribution in [0.25, 0.3) is 0 Å². The molecule has 0 aromatic carbocycles. The minimum absolute atomic E-state index is 0.0729. The standard InChI is InChI=1S/C19H39NO5/c1-18(2,3)24-14-8-13-23-16-11-20-10-7-12-22-15-9-17(21)25-19(4,5)6/h20H,7-16H2,1-6H3. The summed E-state index contributed by atoms with van der Waals surface area (Å²) in [5.74, 6) is -0.212. The highest BCUT2D eigenvalue weighted by Gasteiger charge is 2.15. The first kappa shape index (κ1) is 24.3. The number of esters is 1. The third-order valence-corrected chi connectivity index (χ3v) is 2.90. The number of carbonyl (C=O) groups excluding carboxylic acids is 1. The van der Waals surface area contributed by atoms with Gasteiger partial charge in [-0.15, -0.1) is 0 Å². The van der Waals surface area contributed by atoms with Crippen LogP contribution >= 0.6 is 0 Å². The second-order valence-electron chi connectivity index (χ2n) is 7.98. The molecule has 0 atom stereocenters. The highest BCUT2D eigenvalue weighted by atomic mass is 16.6. The van der Waals surface area contributed by atoms with Crippen LogP contribution in [0.2, 0.25) is 0 Å². The lowest BCUT2D eigenvalue weighted by atomic mass is 10.2.